The van der Waals surface area contributed by atoms with Gasteiger partial charge in [0.25, 0.3) is 0 Å². The molecule has 0 radical (unpaired) electrons. The number of amides is 4. The monoisotopic (exact) mass is 242 g/mol. The van der Waals surface area contributed by atoms with E-state index in [0.29, 0.717) is 0 Å². The van der Waals surface area contributed by atoms with E-state index in [1.165, 1.54) is 0 Å². The van der Waals surface area contributed by atoms with Gasteiger partial charge in [0.05, 0.1) is 0 Å². The van der Waals surface area contributed by atoms with E-state index in [1.807, 2.05) is 0 Å². The zero-order valence-corrected chi connectivity index (χ0v) is 7.06. The average Bonchev–Trinajstić information content (AvgIpc) is 1.50. The third kappa shape index (κ3) is 3550. The topological polar surface area (TPSA) is 213 Å². The summed E-state index contributed by atoms with van der Waals surface area (Å²) in [5, 5.41) is 0. The Balaban J connectivity index is -0.0000000522. The number of carbonyl (C=O) groups excluding carboxylic acids is 2. The van der Waals surface area contributed by atoms with Gasteiger partial charge in [0.15, 0.2) is 0 Å². The summed E-state index contributed by atoms with van der Waals surface area (Å²) >= 11 is 0. The van der Waals surface area contributed by atoms with Gasteiger partial charge < -0.3 is 22.9 Å². The molecule has 0 aliphatic heterocycles. The molecule has 0 atom stereocenters. The maximum atomic E-state index is 9.00. The van der Waals surface area contributed by atoms with E-state index in [2.05, 4.69) is 22.9 Å². The molecule has 10 N–H and O–H groups in total. The molecule has 10 nitrogen and oxygen atoms in total. The van der Waals surface area contributed by atoms with E-state index in [1.54, 1.807) is 0 Å². The van der Waals surface area contributed by atoms with E-state index >= 15 is 0 Å². The molecule has 0 bridgehead atoms. The molecule has 0 fully saturated rings. The minimum absolute atomic E-state index is 0. The predicted octanol–water partition coefficient (Wildman–Crippen LogP) is -3.25. The van der Waals surface area contributed by atoms with E-state index in [9.17, 15) is 0 Å². The van der Waals surface area contributed by atoms with E-state index in [-0.39, 0.29) is 29.6 Å². The van der Waals surface area contributed by atoms with Crippen molar-refractivity contribution in [2.75, 3.05) is 0 Å². The first-order valence-corrected chi connectivity index (χ1v) is 3.66. The Kier molecular flexibility index (Phi) is 20.7. The fraction of sp³-hybridized carbons (Fsp3) is 0. The van der Waals surface area contributed by atoms with Gasteiger partial charge in [-0.25, -0.2) is 9.59 Å². The summed E-state index contributed by atoms with van der Waals surface area (Å²) in [6.07, 6.45) is 0. The number of primary amides is 4. The molecule has 0 heterocycles. The third-order valence-electron chi connectivity index (χ3n) is 0. The molecule has 12 heteroatoms. The molecule has 0 saturated carbocycles. The summed E-state index contributed by atoms with van der Waals surface area (Å²) in [5.41, 5.74) is 17.0. The van der Waals surface area contributed by atoms with Gasteiger partial charge in [-0.05, 0) is 0 Å². The number of urea groups is 2. The SMILES string of the molecule is NC(N)=O.NC(N)=O.O=S(=O)(O)O.[NaH]. The van der Waals surface area contributed by atoms with Gasteiger partial charge in [-0.1, -0.05) is 0 Å². The van der Waals surface area contributed by atoms with Crippen LogP contribution in [0.2, 0.25) is 0 Å². The molecule has 0 aromatic carbocycles. The molecular formula is C2H11N4NaO6S. The van der Waals surface area contributed by atoms with Crippen molar-refractivity contribution in [2.24, 2.45) is 22.9 Å². The van der Waals surface area contributed by atoms with Crippen molar-refractivity contribution < 1.29 is 27.1 Å². The van der Waals surface area contributed by atoms with Crippen LogP contribution in [0.5, 0.6) is 0 Å². The van der Waals surface area contributed by atoms with Crippen molar-refractivity contribution in [3.63, 3.8) is 0 Å². The van der Waals surface area contributed by atoms with Crippen LogP contribution in [-0.4, -0.2) is 59.1 Å². The molecule has 0 spiro atoms. The number of hydrogen-bond donors (Lipinski definition) is 6. The van der Waals surface area contributed by atoms with Crippen LogP contribution >= 0.6 is 0 Å². The average molecular weight is 242 g/mol. The first kappa shape index (κ1) is 23.3. The van der Waals surface area contributed by atoms with Gasteiger partial charge in [0.2, 0.25) is 0 Å². The van der Waals surface area contributed by atoms with Gasteiger partial charge in [-0.2, -0.15) is 8.42 Å². The zero-order chi connectivity index (χ0) is 11.7. The minimum atomic E-state index is -4.67. The maximum absolute atomic E-state index is 9.00. The van der Waals surface area contributed by atoms with Crippen LogP contribution in [-0.2, 0) is 10.4 Å². The van der Waals surface area contributed by atoms with Gasteiger partial charge in [0, 0.05) is 0 Å². The Morgan fingerprint density at radius 3 is 0.857 bits per heavy atom. The normalized spacial score (nSPS) is 7.57. The molecule has 4 amide bonds. The molecular weight excluding hydrogens is 231 g/mol. The Morgan fingerprint density at radius 1 is 0.857 bits per heavy atom. The number of hydrogen-bond acceptors (Lipinski definition) is 4. The molecule has 0 unspecified atom stereocenters. The fourth-order valence-corrected chi connectivity index (χ4v) is 0. The van der Waals surface area contributed by atoms with Crippen LogP contribution < -0.4 is 22.9 Å². The van der Waals surface area contributed by atoms with Gasteiger partial charge >= 0.3 is 52.0 Å². The predicted molar refractivity (Wildman–Crippen MR) is 48.9 cm³/mol. The summed E-state index contributed by atoms with van der Waals surface area (Å²) in [4.78, 5) is 18.0. The second-order valence-electron chi connectivity index (χ2n) is 1.25. The van der Waals surface area contributed by atoms with Crippen molar-refractivity contribution in [2.45, 2.75) is 0 Å². The van der Waals surface area contributed by atoms with Crippen LogP contribution in [0.1, 0.15) is 0 Å². The zero-order valence-electron chi connectivity index (χ0n) is 6.25. The van der Waals surface area contributed by atoms with Crippen LogP contribution in [0.4, 0.5) is 9.59 Å². The quantitative estimate of drug-likeness (QED) is 0.189. The molecule has 0 aliphatic rings. The van der Waals surface area contributed by atoms with Gasteiger partial charge in [-0.15, -0.1) is 0 Å². The second kappa shape index (κ2) is 12.4. The summed E-state index contributed by atoms with van der Waals surface area (Å²) in [6, 6.07) is -1.67. The van der Waals surface area contributed by atoms with Crippen LogP contribution in [0.3, 0.4) is 0 Å². The Morgan fingerprint density at radius 2 is 0.857 bits per heavy atom. The van der Waals surface area contributed by atoms with Crippen molar-refractivity contribution in [1.29, 1.82) is 0 Å². The first-order chi connectivity index (χ1) is 5.46. The number of rotatable bonds is 0. The molecule has 0 aromatic heterocycles. The Bertz CT molecular complexity index is 223. The molecule has 0 aliphatic carbocycles. The summed E-state index contributed by atoms with van der Waals surface area (Å²) in [6.45, 7) is 0. The van der Waals surface area contributed by atoms with Crippen LogP contribution in [0.25, 0.3) is 0 Å². The van der Waals surface area contributed by atoms with E-state index < -0.39 is 22.5 Å². The Hall–Kier alpha value is -0.590. The van der Waals surface area contributed by atoms with Crippen LogP contribution in [0.15, 0.2) is 0 Å². The number of nitrogens with two attached hydrogens (primary N) is 4. The molecule has 0 saturated heterocycles. The van der Waals surface area contributed by atoms with E-state index in [4.69, 9.17) is 27.1 Å². The van der Waals surface area contributed by atoms with Crippen molar-refractivity contribution in [1.82, 2.24) is 0 Å². The standard InChI is InChI=1S/2CH4N2O.Na.H2O4S.H/c2*2-1(3)4;;1-5(2,3)4;/h2*(H4,2,3,4);;(H2,1,2,3,4);. The summed E-state index contributed by atoms with van der Waals surface area (Å²) in [7, 11) is -4.67. The first-order valence-electron chi connectivity index (χ1n) is 2.26. The molecule has 14 heavy (non-hydrogen) atoms. The Labute approximate surface area is 102 Å². The fourth-order valence-electron chi connectivity index (χ4n) is 0. The second-order valence-corrected chi connectivity index (χ2v) is 2.15. The molecule has 0 aromatic rings. The molecule has 0 rings (SSSR count). The third-order valence-corrected chi connectivity index (χ3v) is 0. The molecule has 82 valence electrons. The van der Waals surface area contributed by atoms with Crippen molar-refractivity contribution >= 4 is 52.0 Å². The van der Waals surface area contributed by atoms with Crippen LogP contribution in [0, 0.1) is 0 Å². The summed E-state index contributed by atoms with van der Waals surface area (Å²) in [5.74, 6) is 0. The van der Waals surface area contributed by atoms with E-state index in [0.717, 1.165) is 0 Å². The van der Waals surface area contributed by atoms with Gasteiger partial charge in [-0.3, -0.25) is 9.11 Å². The summed E-state index contributed by atoms with van der Waals surface area (Å²) < 4.78 is 31.6. The van der Waals surface area contributed by atoms with Gasteiger partial charge in [0.1, 0.15) is 0 Å². The van der Waals surface area contributed by atoms with Crippen molar-refractivity contribution in [3.05, 3.63) is 0 Å². The van der Waals surface area contributed by atoms with Crippen molar-refractivity contribution in [3.8, 4) is 0 Å². The number of carbonyl (C=O) groups is 2.